The van der Waals surface area contributed by atoms with Crippen molar-refractivity contribution in [2.75, 3.05) is 12.4 Å². The highest BCUT2D eigenvalue weighted by Crippen LogP contribution is 2.53. The fraction of sp³-hybridized carbons (Fsp3) is 0.378. The molecule has 6 rings (SSSR count). The molecule has 1 aliphatic heterocycles. The zero-order chi connectivity index (χ0) is 40.9. The lowest BCUT2D eigenvalue weighted by atomic mass is 9.77. The smallest absolute Gasteiger partial charge is 0.219 e. The van der Waals surface area contributed by atoms with Gasteiger partial charge in [-0.05, 0) is 65.1 Å². The maximum atomic E-state index is 17.0. The number of halogens is 1. The Bertz CT molecular complexity index is 2200. The number of anilines is 1. The molecule has 0 unspecified atom stereocenters. The average Bonchev–Trinajstić information content (AvgIpc) is 3.62. The van der Waals surface area contributed by atoms with Crippen LogP contribution in [0.15, 0.2) is 110 Å². The molecule has 2 aromatic heterocycles. The van der Waals surface area contributed by atoms with Gasteiger partial charge in [0.05, 0.1) is 12.5 Å². The fourth-order valence-electron chi connectivity index (χ4n) is 6.83. The van der Waals surface area contributed by atoms with E-state index in [1.807, 2.05) is 84.9 Å². The van der Waals surface area contributed by atoms with Gasteiger partial charge in [0.25, 0.3) is 0 Å². The summed E-state index contributed by atoms with van der Waals surface area (Å²) in [7, 11) is -3.49. The summed E-state index contributed by atoms with van der Waals surface area (Å²) in [5.41, 5.74) is 0.453. The lowest BCUT2D eigenvalue weighted by molar-refractivity contribution is -0.0504. The average molecular weight is 791 g/mol. The molecule has 294 valence electrons. The molecule has 0 saturated carbocycles. The highest BCUT2D eigenvalue weighted by molar-refractivity contribution is 6.74. The van der Waals surface area contributed by atoms with Gasteiger partial charge in [-0.15, -0.1) is 6.42 Å². The van der Waals surface area contributed by atoms with Crippen molar-refractivity contribution in [3.8, 4) is 18.1 Å². The largest absolute Gasteiger partial charge is 0.497 e. The molecule has 3 aromatic carbocycles. The van der Waals surface area contributed by atoms with Crippen LogP contribution in [0.25, 0.3) is 11.0 Å². The van der Waals surface area contributed by atoms with E-state index >= 15 is 4.39 Å². The first kappa shape index (κ1) is 40.9. The van der Waals surface area contributed by atoms with Crippen LogP contribution in [-0.4, -0.2) is 50.0 Å². The van der Waals surface area contributed by atoms with Crippen molar-refractivity contribution in [1.29, 1.82) is 0 Å². The highest BCUT2D eigenvalue weighted by atomic mass is 28.4. The molecule has 3 atom stereocenters. The Balaban J connectivity index is 1.58. The van der Waals surface area contributed by atoms with Gasteiger partial charge in [0.15, 0.2) is 28.1 Å². The van der Waals surface area contributed by atoms with Crippen LogP contribution in [0.2, 0.25) is 36.3 Å². The summed E-state index contributed by atoms with van der Waals surface area (Å²) in [4.78, 5) is 9.40. The molecular weight excluding hydrogens is 736 g/mol. The van der Waals surface area contributed by atoms with Crippen molar-refractivity contribution in [1.82, 2.24) is 14.5 Å². The van der Waals surface area contributed by atoms with Gasteiger partial charge in [0, 0.05) is 6.20 Å². The Hall–Kier alpha value is -4.74. The van der Waals surface area contributed by atoms with Gasteiger partial charge in [-0.25, -0.2) is 14.4 Å². The molecule has 0 radical (unpaired) electrons. The normalized spacial score (nSPS) is 19.4. The standard InChI is InChI=1S/C45H55FN4O4Si2/c1-14-44(54-56(12,13)43(6,7)8)38(53-55(10,11)42(3,4)5)31(2)52-41(44)50-29-36(46)37-39(47-30-48-40(37)50)49-45(32-21-17-15-18-22-32,33-23-19-16-20-24-33)34-25-27-35(51-9)28-26-34/h1,15-30,38,41H,2H2,3-13H3,(H,47,48,49)/t38-,41-,44-/m1/s1. The van der Waals surface area contributed by atoms with E-state index in [0.29, 0.717) is 11.5 Å². The number of hydrogen-bond acceptors (Lipinski definition) is 7. The summed E-state index contributed by atoms with van der Waals surface area (Å²) in [6.45, 7) is 25.9. The molecule has 0 spiro atoms. The molecule has 1 N–H and O–H groups in total. The van der Waals surface area contributed by atoms with Crippen LogP contribution in [-0.2, 0) is 19.1 Å². The maximum absolute atomic E-state index is 17.0. The highest BCUT2D eigenvalue weighted by Gasteiger charge is 2.62. The van der Waals surface area contributed by atoms with Crippen molar-refractivity contribution in [2.24, 2.45) is 0 Å². The molecule has 0 bridgehead atoms. The number of nitrogens with zero attached hydrogens (tertiary/aromatic N) is 3. The van der Waals surface area contributed by atoms with E-state index in [4.69, 9.17) is 29.7 Å². The zero-order valence-electron chi connectivity index (χ0n) is 34.5. The van der Waals surface area contributed by atoms with Crippen LogP contribution in [0, 0.1) is 18.2 Å². The van der Waals surface area contributed by atoms with Crippen LogP contribution < -0.4 is 10.1 Å². The number of hydrogen-bond donors (Lipinski definition) is 1. The van der Waals surface area contributed by atoms with E-state index < -0.39 is 45.9 Å². The zero-order valence-corrected chi connectivity index (χ0v) is 36.5. The van der Waals surface area contributed by atoms with Gasteiger partial charge in [0.2, 0.25) is 11.8 Å². The number of fused-ring (bicyclic) bond motifs is 1. The van der Waals surface area contributed by atoms with Crippen LogP contribution in [0.5, 0.6) is 5.75 Å². The Morgan fingerprint density at radius 3 is 1.88 bits per heavy atom. The number of methoxy groups -OCH3 is 1. The van der Waals surface area contributed by atoms with Crippen molar-refractivity contribution in [3.63, 3.8) is 0 Å². The molecule has 8 nitrogen and oxygen atoms in total. The van der Waals surface area contributed by atoms with Gasteiger partial charge in [-0.3, -0.25) is 4.57 Å². The van der Waals surface area contributed by atoms with Gasteiger partial charge in [-0.1, -0.05) is 127 Å². The molecule has 1 saturated heterocycles. The first-order chi connectivity index (χ1) is 26.2. The SMILES string of the molecule is C#C[C@@]1(O[Si](C)(C)C(C)(C)C)[C@H](O[Si](C)(C)C(C)(C)C)C(=C)O[C@H]1n1cc(F)c2c(NC(c3ccccc3)(c3ccccc3)c3ccc(OC)cc3)ncnc21. The van der Waals surface area contributed by atoms with Gasteiger partial charge in [0.1, 0.15) is 35.3 Å². The second-order valence-corrected chi connectivity index (χ2v) is 27.1. The van der Waals surface area contributed by atoms with E-state index in [0.717, 1.165) is 16.7 Å². The summed E-state index contributed by atoms with van der Waals surface area (Å²) in [6.07, 6.45) is 7.52. The minimum Gasteiger partial charge on any atom is -0.497 e. The number of aromatic nitrogens is 3. The molecule has 0 aliphatic carbocycles. The van der Waals surface area contributed by atoms with Gasteiger partial charge in [-0.2, -0.15) is 0 Å². The molecule has 11 heteroatoms. The summed E-state index contributed by atoms with van der Waals surface area (Å²) in [5.74, 6) is 3.78. The number of benzene rings is 3. The predicted molar refractivity (Wildman–Crippen MR) is 228 cm³/mol. The third kappa shape index (κ3) is 6.98. The van der Waals surface area contributed by atoms with E-state index in [9.17, 15) is 0 Å². The maximum Gasteiger partial charge on any atom is 0.219 e. The molecule has 56 heavy (non-hydrogen) atoms. The Morgan fingerprint density at radius 2 is 1.38 bits per heavy atom. The lowest BCUT2D eigenvalue weighted by Crippen LogP contribution is -2.59. The van der Waals surface area contributed by atoms with Crippen molar-refractivity contribution in [2.45, 2.75) is 101 Å². The summed E-state index contributed by atoms with van der Waals surface area (Å²) < 4.78 is 45.1. The van der Waals surface area contributed by atoms with Crippen molar-refractivity contribution in [3.05, 3.63) is 132 Å². The first-order valence-electron chi connectivity index (χ1n) is 19.0. The quantitative estimate of drug-likeness (QED) is 0.0811. The van der Waals surface area contributed by atoms with Gasteiger partial charge < -0.3 is 23.6 Å². The van der Waals surface area contributed by atoms with Crippen LogP contribution >= 0.6 is 0 Å². The summed E-state index contributed by atoms with van der Waals surface area (Å²) in [6, 6.07) is 27.9. The monoisotopic (exact) mass is 790 g/mol. The Morgan fingerprint density at radius 1 is 0.839 bits per heavy atom. The second-order valence-electron chi connectivity index (χ2n) is 17.6. The Kier molecular flexibility index (Phi) is 10.7. The van der Waals surface area contributed by atoms with Crippen LogP contribution in [0.1, 0.15) is 64.5 Å². The van der Waals surface area contributed by atoms with Gasteiger partial charge >= 0.3 is 0 Å². The lowest BCUT2D eigenvalue weighted by Gasteiger charge is -2.47. The minimum atomic E-state index is -2.64. The first-order valence-corrected chi connectivity index (χ1v) is 24.8. The molecular formula is C45H55FN4O4Si2. The number of ether oxygens (including phenoxy) is 2. The van der Waals surface area contributed by atoms with E-state index in [1.54, 1.807) is 11.7 Å². The molecule has 1 fully saturated rings. The summed E-state index contributed by atoms with van der Waals surface area (Å²) >= 11 is 0. The van der Waals surface area contributed by atoms with Crippen LogP contribution in [0.3, 0.4) is 0 Å². The molecule has 3 heterocycles. The third-order valence-electron chi connectivity index (χ3n) is 12.0. The fourth-order valence-corrected chi connectivity index (χ4v) is 9.50. The molecule has 5 aromatic rings. The topological polar surface area (TPSA) is 79.7 Å². The van der Waals surface area contributed by atoms with E-state index in [2.05, 4.69) is 90.5 Å². The molecule has 1 aliphatic rings. The predicted octanol–water partition coefficient (Wildman–Crippen LogP) is 10.8. The van der Waals surface area contributed by atoms with E-state index in [-0.39, 0.29) is 26.9 Å². The number of terminal acetylenes is 1. The number of nitrogens with one attached hydrogen (secondary N) is 1. The van der Waals surface area contributed by atoms with Crippen molar-refractivity contribution < 1.29 is 22.7 Å². The molecule has 0 amide bonds. The van der Waals surface area contributed by atoms with E-state index in [1.165, 1.54) is 12.5 Å². The second kappa shape index (κ2) is 14.6. The van der Waals surface area contributed by atoms with Crippen LogP contribution in [0.4, 0.5) is 10.2 Å². The van der Waals surface area contributed by atoms with Crippen molar-refractivity contribution >= 4 is 33.5 Å². The number of rotatable bonds is 11. The summed E-state index contributed by atoms with van der Waals surface area (Å²) in [5, 5.41) is 3.52. The Labute approximate surface area is 333 Å². The minimum absolute atomic E-state index is 0.156. The third-order valence-corrected chi connectivity index (χ3v) is 20.9.